The van der Waals surface area contributed by atoms with E-state index >= 15 is 0 Å². The lowest BCUT2D eigenvalue weighted by molar-refractivity contribution is 0.355. The summed E-state index contributed by atoms with van der Waals surface area (Å²) in [6, 6.07) is 13.7. The standard InChI is InChI=1S/C19H18N2O2/c1-12(14-9-10-17(22-3)18(11-14)23-4)19-15-7-5-6-8-16(15)20-13(2)21-19/h5-11H,1H2,2-4H3. The smallest absolute Gasteiger partial charge is 0.161 e. The van der Waals surface area contributed by atoms with Crippen molar-refractivity contribution in [3.8, 4) is 11.5 Å². The summed E-state index contributed by atoms with van der Waals surface area (Å²) < 4.78 is 10.7. The molecule has 0 radical (unpaired) electrons. The van der Waals surface area contributed by atoms with Crippen LogP contribution in [-0.2, 0) is 0 Å². The van der Waals surface area contributed by atoms with Gasteiger partial charge in [-0.3, -0.25) is 0 Å². The molecule has 3 rings (SSSR count). The number of hydrogen-bond donors (Lipinski definition) is 0. The third-order valence-corrected chi connectivity index (χ3v) is 3.73. The number of nitrogens with zero attached hydrogens (tertiary/aromatic N) is 2. The first-order valence-corrected chi connectivity index (χ1v) is 7.29. The minimum atomic E-state index is 0.668. The van der Waals surface area contributed by atoms with Crippen molar-refractivity contribution in [3.05, 3.63) is 66.1 Å². The van der Waals surface area contributed by atoms with Crippen molar-refractivity contribution in [1.29, 1.82) is 0 Å². The van der Waals surface area contributed by atoms with Crippen LogP contribution in [0.25, 0.3) is 16.5 Å². The largest absolute Gasteiger partial charge is 0.493 e. The van der Waals surface area contributed by atoms with Gasteiger partial charge in [-0.05, 0) is 30.7 Å². The summed E-state index contributed by atoms with van der Waals surface area (Å²) in [4.78, 5) is 9.07. The van der Waals surface area contributed by atoms with Gasteiger partial charge in [0.15, 0.2) is 11.5 Å². The van der Waals surface area contributed by atoms with E-state index in [0.717, 1.165) is 33.6 Å². The zero-order valence-corrected chi connectivity index (χ0v) is 13.5. The van der Waals surface area contributed by atoms with Crippen LogP contribution < -0.4 is 9.47 Å². The zero-order chi connectivity index (χ0) is 16.4. The van der Waals surface area contributed by atoms with Crippen LogP contribution in [0.4, 0.5) is 0 Å². The number of methoxy groups -OCH3 is 2. The second kappa shape index (κ2) is 6.08. The number of para-hydroxylation sites is 1. The molecule has 0 saturated heterocycles. The number of hydrogen-bond acceptors (Lipinski definition) is 4. The van der Waals surface area contributed by atoms with E-state index in [1.807, 2.05) is 49.4 Å². The summed E-state index contributed by atoms with van der Waals surface area (Å²) in [5.74, 6) is 2.08. The summed E-state index contributed by atoms with van der Waals surface area (Å²) in [6.07, 6.45) is 0. The highest BCUT2D eigenvalue weighted by Gasteiger charge is 2.13. The van der Waals surface area contributed by atoms with Crippen LogP contribution in [0.5, 0.6) is 11.5 Å². The molecule has 0 saturated carbocycles. The predicted octanol–water partition coefficient (Wildman–Crippen LogP) is 4.02. The topological polar surface area (TPSA) is 44.2 Å². The average Bonchev–Trinajstić information content (AvgIpc) is 2.59. The molecule has 3 aromatic rings. The minimum Gasteiger partial charge on any atom is -0.493 e. The highest BCUT2D eigenvalue weighted by atomic mass is 16.5. The van der Waals surface area contributed by atoms with Crippen LogP contribution >= 0.6 is 0 Å². The Hall–Kier alpha value is -2.88. The third-order valence-electron chi connectivity index (χ3n) is 3.73. The van der Waals surface area contributed by atoms with E-state index in [2.05, 4.69) is 16.5 Å². The molecule has 0 atom stereocenters. The molecule has 1 aromatic heterocycles. The molecule has 0 aliphatic rings. The Kier molecular flexibility index (Phi) is 3.98. The molecule has 0 bridgehead atoms. The lowest BCUT2D eigenvalue weighted by Crippen LogP contribution is -1.99. The van der Waals surface area contributed by atoms with Crippen molar-refractivity contribution in [2.75, 3.05) is 14.2 Å². The Balaban J connectivity index is 2.14. The fourth-order valence-corrected chi connectivity index (χ4v) is 2.58. The molecule has 0 N–H and O–H groups in total. The molecule has 2 aromatic carbocycles. The van der Waals surface area contributed by atoms with Gasteiger partial charge in [0.2, 0.25) is 0 Å². The maximum Gasteiger partial charge on any atom is 0.161 e. The quantitative estimate of drug-likeness (QED) is 0.730. The van der Waals surface area contributed by atoms with Crippen molar-refractivity contribution in [2.45, 2.75) is 6.92 Å². The molecule has 4 nitrogen and oxygen atoms in total. The number of ether oxygens (including phenoxy) is 2. The summed E-state index contributed by atoms with van der Waals surface area (Å²) in [6.45, 7) is 6.12. The molecule has 0 aliphatic heterocycles. The molecule has 0 spiro atoms. The molecule has 0 amide bonds. The second-order valence-corrected chi connectivity index (χ2v) is 5.18. The molecule has 0 fully saturated rings. The Morgan fingerprint density at radius 3 is 2.43 bits per heavy atom. The Morgan fingerprint density at radius 1 is 0.957 bits per heavy atom. The van der Waals surface area contributed by atoms with Crippen LogP contribution in [0.1, 0.15) is 17.1 Å². The Labute approximate surface area is 135 Å². The number of fused-ring (bicyclic) bond motifs is 1. The summed E-state index contributed by atoms with van der Waals surface area (Å²) >= 11 is 0. The van der Waals surface area contributed by atoms with Crippen molar-refractivity contribution in [1.82, 2.24) is 9.97 Å². The first-order chi connectivity index (χ1) is 11.1. The predicted molar refractivity (Wildman–Crippen MR) is 92.0 cm³/mol. The van der Waals surface area contributed by atoms with Gasteiger partial charge in [0.05, 0.1) is 25.4 Å². The molecule has 1 heterocycles. The van der Waals surface area contributed by atoms with Gasteiger partial charge in [0.1, 0.15) is 5.82 Å². The third kappa shape index (κ3) is 2.75. The summed E-state index contributed by atoms with van der Waals surface area (Å²) in [7, 11) is 3.24. The van der Waals surface area contributed by atoms with Gasteiger partial charge in [-0.25, -0.2) is 9.97 Å². The van der Waals surface area contributed by atoms with Crippen LogP contribution in [-0.4, -0.2) is 24.2 Å². The summed E-state index contributed by atoms with van der Waals surface area (Å²) in [5.41, 5.74) is 3.51. The summed E-state index contributed by atoms with van der Waals surface area (Å²) in [5, 5.41) is 0.984. The van der Waals surface area contributed by atoms with Crippen LogP contribution in [0.15, 0.2) is 49.0 Å². The fraction of sp³-hybridized carbons (Fsp3) is 0.158. The van der Waals surface area contributed by atoms with Crippen LogP contribution in [0.3, 0.4) is 0 Å². The van der Waals surface area contributed by atoms with E-state index in [1.165, 1.54) is 0 Å². The van der Waals surface area contributed by atoms with Crippen molar-refractivity contribution < 1.29 is 9.47 Å². The molecular formula is C19H18N2O2. The van der Waals surface area contributed by atoms with Gasteiger partial charge in [-0.2, -0.15) is 0 Å². The lowest BCUT2D eigenvalue weighted by atomic mass is 10.0. The van der Waals surface area contributed by atoms with Gasteiger partial charge >= 0.3 is 0 Å². The molecule has 4 heteroatoms. The van der Waals surface area contributed by atoms with E-state index in [0.29, 0.717) is 11.5 Å². The highest BCUT2D eigenvalue weighted by Crippen LogP contribution is 2.33. The van der Waals surface area contributed by atoms with E-state index in [9.17, 15) is 0 Å². The van der Waals surface area contributed by atoms with Gasteiger partial charge < -0.3 is 9.47 Å². The Morgan fingerprint density at radius 2 is 1.70 bits per heavy atom. The number of rotatable bonds is 4. The number of aromatic nitrogens is 2. The second-order valence-electron chi connectivity index (χ2n) is 5.18. The van der Waals surface area contributed by atoms with Crippen molar-refractivity contribution in [2.24, 2.45) is 0 Å². The van der Waals surface area contributed by atoms with Crippen LogP contribution in [0.2, 0.25) is 0 Å². The monoisotopic (exact) mass is 306 g/mol. The van der Waals surface area contributed by atoms with Crippen LogP contribution in [0, 0.1) is 6.92 Å². The average molecular weight is 306 g/mol. The normalized spacial score (nSPS) is 10.6. The molecule has 23 heavy (non-hydrogen) atoms. The molecular weight excluding hydrogens is 288 g/mol. The Bertz CT molecular complexity index is 888. The lowest BCUT2D eigenvalue weighted by Gasteiger charge is -2.13. The van der Waals surface area contributed by atoms with E-state index in [4.69, 9.17) is 9.47 Å². The van der Waals surface area contributed by atoms with E-state index < -0.39 is 0 Å². The van der Waals surface area contributed by atoms with Gasteiger partial charge in [-0.1, -0.05) is 30.8 Å². The maximum atomic E-state index is 5.38. The maximum absolute atomic E-state index is 5.38. The minimum absolute atomic E-state index is 0.668. The molecule has 116 valence electrons. The first kappa shape index (κ1) is 15.0. The van der Waals surface area contributed by atoms with Gasteiger partial charge in [0.25, 0.3) is 0 Å². The first-order valence-electron chi connectivity index (χ1n) is 7.29. The van der Waals surface area contributed by atoms with Gasteiger partial charge in [-0.15, -0.1) is 0 Å². The number of benzene rings is 2. The highest BCUT2D eigenvalue weighted by molar-refractivity contribution is 5.93. The van der Waals surface area contributed by atoms with E-state index in [-0.39, 0.29) is 0 Å². The number of aryl methyl sites for hydroxylation is 1. The van der Waals surface area contributed by atoms with E-state index in [1.54, 1.807) is 14.2 Å². The fourth-order valence-electron chi connectivity index (χ4n) is 2.58. The van der Waals surface area contributed by atoms with Crippen molar-refractivity contribution in [3.63, 3.8) is 0 Å². The molecule has 0 aliphatic carbocycles. The zero-order valence-electron chi connectivity index (χ0n) is 13.5. The molecule has 0 unspecified atom stereocenters. The SMILES string of the molecule is C=C(c1ccc(OC)c(OC)c1)c1nc(C)nc2ccccc12. The van der Waals surface area contributed by atoms with Crippen molar-refractivity contribution >= 4 is 16.5 Å². The van der Waals surface area contributed by atoms with Gasteiger partial charge in [0, 0.05) is 11.0 Å².